The van der Waals surface area contributed by atoms with Crippen LogP contribution in [0, 0.1) is 11.3 Å². The molecule has 17 heavy (non-hydrogen) atoms. The number of rotatable bonds is 4. The smallest absolute Gasteiger partial charge is 0.184 e. The molecule has 0 N–H and O–H groups in total. The number of nitrogens with zero attached hydrogens (tertiary/aromatic N) is 1. The van der Waals surface area contributed by atoms with Crippen molar-refractivity contribution in [2.75, 3.05) is 6.61 Å². The van der Waals surface area contributed by atoms with Crippen molar-refractivity contribution in [2.45, 2.75) is 32.6 Å². The number of carbonyl (C=O) groups excluding carboxylic acids is 1. The molecule has 0 aliphatic rings. The zero-order valence-corrected chi connectivity index (χ0v) is 10.5. The van der Waals surface area contributed by atoms with Gasteiger partial charge >= 0.3 is 0 Å². The Morgan fingerprint density at radius 3 is 2.59 bits per heavy atom. The zero-order chi connectivity index (χ0) is 12.9. The lowest BCUT2D eigenvalue weighted by atomic mass is 9.86. The molecular formula is C14H17NO2. The molecule has 0 spiro atoms. The number of hydrogen-bond acceptors (Lipinski definition) is 3. The quantitative estimate of drug-likeness (QED) is 0.800. The van der Waals surface area contributed by atoms with Gasteiger partial charge in [0, 0.05) is 0 Å². The van der Waals surface area contributed by atoms with Gasteiger partial charge in [-0.1, -0.05) is 39.0 Å². The van der Waals surface area contributed by atoms with Crippen molar-refractivity contribution in [1.29, 1.82) is 5.26 Å². The molecule has 90 valence electrons. The van der Waals surface area contributed by atoms with Gasteiger partial charge in [0.25, 0.3) is 0 Å². The van der Waals surface area contributed by atoms with Crippen molar-refractivity contribution in [2.24, 2.45) is 0 Å². The summed E-state index contributed by atoms with van der Waals surface area (Å²) < 4.78 is 5.48. The highest BCUT2D eigenvalue weighted by Crippen LogP contribution is 2.30. The summed E-state index contributed by atoms with van der Waals surface area (Å²) in [5, 5.41) is 8.39. The number of ether oxygens (including phenoxy) is 1. The molecule has 0 saturated carbocycles. The van der Waals surface area contributed by atoms with Crippen LogP contribution >= 0.6 is 0 Å². The molecule has 1 aromatic rings. The molecule has 0 aromatic heterocycles. The van der Waals surface area contributed by atoms with E-state index in [1.165, 1.54) is 0 Å². The molecule has 0 bridgehead atoms. The van der Waals surface area contributed by atoms with Crippen molar-refractivity contribution in [3.63, 3.8) is 0 Å². The molecule has 1 rings (SSSR count). The lowest BCUT2D eigenvalue weighted by molar-refractivity contribution is -0.120. The average Bonchev–Trinajstić information content (AvgIpc) is 2.26. The third kappa shape index (κ3) is 3.92. The van der Waals surface area contributed by atoms with Crippen LogP contribution in [0.25, 0.3) is 0 Å². The van der Waals surface area contributed by atoms with Gasteiger partial charge < -0.3 is 4.74 Å². The molecule has 0 radical (unpaired) electrons. The summed E-state index contributed by atoms with van der Waals surface area (Å²) in [6.07, 6.45) is -0.0995. The Hall–Kier alpha value is -1.82. The summed E-state index contributed by atoms with van der Waals surface area (Å²) in [4.78, 5) is 11.2. The predicted molar refractivity (Wildman–Crippen MR) is 65.9 cm³/mol. The molecule has 0 unspecified atom stereocenters. The van der Waals surface area contributed by atoms with E-state index in [-0.39, 0.29) is 24.2 Å². The first-order valence-corrected chi connectivity index (χ1v) is 5.56. The van der Waals surface area contributed by atoms with Gasteiger partial charge in [-0.2, -0.15) is 5.26 Å². The van der Waals surface area contributed by atoms with Crippen molar-refractivity contribution in [3.05, 3.63) is 29.8 Å². The summed E-state index contributed by atoms with van der Waals surface area (Å²) >= 11 is 0. The Morgan fingerprint density at radius 2 is 2.00 bits per heavy atom. The van der Waals surface area contributed by atoms with Gasteiger partial charge in [0.2, 0.25) is 0 Å². The number of ketones is 1. The molecule has 3 nitrogen and oxygen atoms in total. The van der Waals surface area contributed by atoms with E-state index >= 15 is 0 Å². The lowest BCUT2D eigenvalue weighted by Crippen LogP contribution is -2.16. The molecule has 0 atom stereocenters. The summed E-state index contributed by atoms with van der Waals surface area (Å²) in [5.41, 5.74) is 1.03. The highest BCUT2D eigenvalue weighted by molar-refractivity contribution is 5.81. The van der Waals surface area contributed by atoms with Gasteiger partial charge in [0.15, 0.2) is 5.78 Å². The third-order valence-electron chi connectivity index (χ3n) is 2.36. The standard InChI is InChI=1S/C14H17NO2/c1-14(2,3)12-6-4-5-7-13(12)17-10-11(16)8-9-15/h4-7H,8,10H2,1-3H3. The molecule has 3 heteroatoms. The maximum atomic E-state index is 11.2. The van der Waals surface area contributed by atoms with Gasteiger partial charge in [-0.15, -0.1) is 0 Å². The minimum atomic E-state index is -0.198. The zero-order valence-electron chi connectivity index (χ0n) is 10.5. The van der Waals surface area contributed by atoms with Gasteiger partial charge in [-0.3, -0.25) is 4.79 Å². The van der Waals surface area contributed by atoms with Gasteiger partial charge in [0.05, 0.1) is 12.5 Å². The fourth-order valence-corrected chi connectivity index (χ4v) is 1.51. The Labute approximate surface area is 102 Å². The second kappa shape index (κ2) is 5.49. The first-order chi connectivity index (χ1) is 7.95. The summed E-state index contributed by atoms with van der Waals surface area (Å²) in [6.45, 7) is 6.23. The molecule has 0 fully saturated rings. The highest BCUT2D eigenvalue weighted by atomic mass is 16.5. The van der Waals surface area contributed by atoms with Crippen LogP contribution in [-0.2, 0) is 10.2 Å². The first kappa shape index (κ1) is 13.2. The van der Waals surface area contributed by atoms with Crippen LogP contribution in [-0.4, -0.2) is 12.4 Å². The fraction of sp³-hybridized carbons (Fsp3) is 0.429. The minimum Gasteiger partial charge on any atom is -0.485 e. The predicted octanol–water partition coefficient (Wildman–Crippen LogP) is 2.85. The van der Waals surface area contributed by atoms with Crippen LogP contribution < -0.4 is 4.74 Å². The maximum Gasteiger partial charge on any atom is 0.184 e. The van der Waals surface area contributed by atoms with Crippen LogP contribution in [0.2, 0.25) is 0 Å². The van der Waals surface area contributed by atoms with E-state index in [0.717, 1.165) is 5.56 Å². The van der Waals surface area contributed by atoms with Gasteiger partial charge in [-0.05, 0) is 17.0 Å². The van der Waals surface area contributed by atoms with E-state index in [1.807, 2.05) is 30.3 Å². The summed E-state index contributed by atoms with van der Waals surface area (Å²) in [5.74, 6) is 0.516. The number of hydrogen-bond donors (Lipinski definition) is 0. The number of benzene rings is 1. The number of Topliss-reactive ketones (excluding diaryl/α,β-unsaturated/α-hetero) is 1. The molecular weight excluding hydrogens is 214 g/mol. The van der Waals surface area contributed by atoms with E-state index in [0.29, 0.717) is 5.75 Å². The maximum absolute atomic E-state index is 11.2. The number of carbonyl (C=O) groups is 1. The summed E-state index contributed by atoms with van der Waals surface area (Å²) in [6, 6.07) is 9.48. The Kier molecular flexibility index (Phi) is 4.28. The second-order valence-corrected chi connectivity index (χ2v) is 4.91. The number of para-hydroxylation sites is 1. The van der Waals surface area contributed by atoms with Crippen LogP contribution in [0.1, 0.15) is 32.8 Å². The third-order valence-corrected chi connectivity index (χ3v) is 2.36. The van der Waals surface area contributed by atoms with E-state index in [1.54, 1.807) is 0 Å². The molecule has 0 amide bonds. The Bertz CT molecular complexity index is 438. The van der Waals surface area contributed by atoms with Crippen LogP contribution in [0.3, 0.4) is 0 Å². The first-order valence-electron chi connectivity index (χ1n) is 5.56. The molecule has 0 aliphatic carbocycles. The van der Waals surface area contributed by atoms with E-state index in [9.17, 15) is 4.79 Å². The van der Waals surface area contributed by atoms with E-state index < -0.39 is 0 Å². The van der Waals surface area contributed by atoms with Crippen molar-refractivity contribution < 1.29 is 9.53 Å². The Balaban J connectivity index is 2.79. The second-order valence-electron chi connectivity index (χ2n) is 4.91. The van der Waals surface area contributed by atoms with Crippen molar-refractivity contribution in [1.82, 2.24) is 0 Å². The van der Waals surface area contributed by atoms with Crippen LogP contribution in [0.5, 0.6) is 5.75 Å². The topological polar surface area (TPSA) is 50.1 Å². The van der Waals surface area contributed by atoms with E-state index in [2.05, 4.69) is 20.8 Å². The van der Waals surface area contributed by atoms with Gasteiger partial charge in [0.1, 0.15) is 12.4 Å². The summed E-state index contributed by atoms with van der Waals surface area (Å²) in [7, 11) is 0. The van der Waals surface area contributed by atoms with E-state index in [4.69, 9.17) is 10.00 Å². The minimum absolute atomic E-state index is 0.0329. The van der Waals surface area contributed by atoms with Crippen molar-refractivity contribution >= 4 is 5.78 Å². The lowest BCUT2D eigenvalue weighted by Gasteiger charge is -2.22. The SMILES string of the molecule is CC(C)(C)c1ccccc1OCC(=O)CC#N. The fourth-order valence-electron chi connectivity index (χ4n) is 1.51. The monoisotopic (exact) mass is 231 g/mol. The normalized spacial score (nSPS) is 10.7. The average molecular weight is 231 g/mol. The van der Waals surface area contributed by atoms with Gasteiger partial charge in [-0.25, -0.2) is 0 Å². The molecule has 1 aromatic carbocycles. The van der Waals surface area contributed by atoms with Crippen LogP contribution in [0.15, 0.2) is 24.3 Å². The number of nitriles is 1. The Morgan fingerprint density at radius 1 is 1.35 bits per heavy atom. The molecule has 0 aliphatic heterocycles. The molecule has 0 saturated heterocycles. The van der Waals surface area contributed by atoms with Crippen molar-refractivity contribution in [3.8, 4) is 11.8 Å². The van der Waals surface area contributed by atoms with Crippen LogP contribution in [0.4, 0.5) is 0 Å². The molecule has 0 heterocycles. The highest BCUT2D eigenvalue weighted by Gasteiger charge is 2.18. The largest absolute Gasteiger partial charge is 0.485 e.